The Bertz CT molecular complexity index is 373. The zero-order valence-electron chi connectivity index (χ0n) is 11.9. The summed E-state index contributed by atoms with van der Waals surface area (Å²) in [5.41, 5.74) is 0.973. The zero-order valence-corrected chi connectivity index (χ0v) is 12.8. The van der Waals surface area contributed by atoms with Gasteiger partial charge in [-0.2, -0.15) is 0 Å². The second kappa shape index (κ2) is 9.03. The molecule has 0 heterocycles. The molecule has 0 fully saturated rings. The maximum atomic E-state index is 11.8. The Balaban J connectivity index is 2.24. The third-order valence-electron chi connectivity index (χ3n) is 3.08. The lowest BCUT2D eigenvalue weighted by Crippen LogP contribution is -2.16. The summed E-state index contributed by atoms with van der Waals surface area (Å²) in [5.74, 6) is -0.144. The molecular formula is C16H24O2S. The molecule has 0 aromatic heterocycles. The zero-order chi connectivity index (χ0) is 14.1. The number of carbonyl (C=O) groups excluding carboxylic acids is 1. The Hall–Kier alpha value is -0.960. The summed E-state index contributed by atoms with van der Waals surface area (Å²) < 4.78 is 5.41. The minimum atomic E-state index is -0.144. The quantitative estimate of drug-likeness (QED) is 0.433. The van der Waals surface area contributed by atoms with Gasteiger partial charge in [0.2, 0.25) is 0 Å². The van der Waals surface area contributed by atoms with Crippen LogP contribution in [0.4, 0.5) is 0 Å². The number of ether oxygens (including phenoxy) is 1. The maximum Gasteiger partial charge on any atom is 0.310 e. The Labute approximate surface area is 122 Å². The highest BCUT2D eigenvalue weighted by atomic mass is 32.1. The van der Waals surface area contributed by atoms with Crippen molar-refractivity contribution in [3.8, 4) is 0 Å². The molecule has 1 unspecified atom stereocenters. The van der Waals surface area contributed by atoms with Gasteiger partial charge in [-0.15, -0.1) is 12.6 Å². The van der Waals surface area contributed by atoms with Crippen LogP contribution in [-0.4, -0.2) is 12.1 Å². The number of hydrogen-bond acceptors (Lipinski definition) is 3. The summed E-state index contributed by atoms with van der Waals surface area (Å²) in [7, 11) is 0. The summed E-state index contributed by atoms with van der Waals surface area (Å²) in [6.07, 6.45) is 6.17. The topological polar surface area (TPSA) is 26.3 Å². The molecule has 0 radical (unpaired) electrons. The van der Waals surface area contributed by atoms with Crippen LogP contribution in [0.5, 0.6) is 0 Å². The molecule has 0 saturated heterocycles. The summed E-state index contributed by atoms with van der Waals surface area (Å²) in [4.78, 5) is 12.7. The first-order chi connectivity index (χ1) is 9.11. The van der Waals surface area contributed by atoms with E-state index in [0.29, 0.717) is 6.42 Å². The molecule has 0 aliphatic rings. The van der Waals surface area contributed by atoms with Crippen LogP contribution in [-0.2, 0) is 16.0 Å². The van der Waals surface area contributed by atoms with Gasteiger partial charge in [-0.3, -0.25) is 4.79 Å². The van der Waals surface area contributed by atoms with Crippen molar-refractivity contribution >= 4 is 18.6 Å². The second-order valence-electron chi connectivity index (χ2n) is 4.99. The molecule has 0 bridgehead atoms. The van der Waals surface area contributed by atoms with Gasteiger partial charge >= 0.3 is 5.97 Å². The fourth-order valence-corrected chi connectivity index (χ4v) is 2.11. The van der Waals surface area contributed by atoms with Gasteiger partial charge in [-0.1, -0.05) is 38.3 Å². The lowest BCUT2D eigenvalue weighted by atomic mass is 10.1. The van der Waals surface area contributed by atoms with Gasteiger partial charge in [0.1, 0.15) is 0 Å². The Morgan fingerprint density at radius 3 is 2.53 bits per heavy atom. The first-order valence-corrected chi connectivity index (χ1v) is 7.54. The van der Waals surface area contributed by atoms with Crippen LogP contribution in [0.15, 0.2) is 29.2 Å². The SMILES string of the molecule is CCCCCCC(C)OC(=O)Cc1ccc(S)cc1. The van der Waals surface area contributed by atoms with E-state index >= 15 is 0 Å². The van der Waals surface area contributed by atoms with E-state index in [-0.39, 0.29) is 12.1 Å². The monoisotopic (exact) mass is 280 g/mol. The van der Waals surface area contributed by atoms with E-state index in [1.807, 2.05) is 31.2 Å². The minimum Gasteiger partial charge on any atom is -0.462 e. The fourth-order valence-electron chi connectivity index (χ4n) is 1.96. The molecule has 2 nitrogen and oxygen atoms in total. The second-order valence-corrected chi connectivity index (χ2v) is 5.51. The van der Waals surface area contributed by atoms with E-state index in [4.69, 9.17) is 4.74 Å². The van der Waals surface area contributed by atoms with Crippen molar-refractivity contribution in [1.82, 2.24) is 0 Å². The molecule has 19 heavy (non-hydrogen) atoms. The summed E-state index contributed by atoms with van der Waals surface area (Å²) in [6, 6.07) is 7.60. The number of benzene rings is 1. The van der Waals surface area contributed by atoms with Crippen molar-refractivity contribution in [2.24, 2.45) is 0 Å². The van der Waals surface area contributed by atoms with Crippen LogP contribution in [0.1, 0.15) is 51.5 Å². The van der Waals surface area contributed by atoms with Gasteiger partial charge in [0.15, 0.2) is 0 Å². The van der Waals surface area contributed by atoms with Gasteiger partial charge in [0, 0.05) is 4.90 Å². The van der Waals surface area contributed by atoms with Crippen molar-refractivity contribution in [1.29, 1.82) is 0 Å². The van der Waals surface area contributed by atoms with Gasteiger partial charge < -0.3 is 4.74 Å². The summed E-state index contributed by atoms with van der Waals surface area (Å²) in [5, 5.41) is 0. The maximum absolute atomic E-state index is 11.8. The average molecular weight is 280 g/mol. The number of esters is 1. The number of carbonyl (C=O) groups is 1. The summed E-state index contributed by atoms with van der Waals surface area (Å²) in [6.45, 7) is 4.17. The van der Waals surface area contributed by atoms with E-state index in [0.717, 1.165) is 23.3 Å². The predicted octanol–water partition coefficient (Wildman–Crippen LogP) is 4.42. The third-order valence-corrected chi connectivity index (χ3v) is 3.38. The molecule has 0 aliphatic carbocycles. The van der Waals surface area contributed by atoms with Crippen LogP contribution < -0.4 is 0 Å². The first kappa shape index (κ1) is 16.1. The molecular weight excluding hydrogens is 256 g/mol. The number of thiol groups is 1. The number of unbranched alkanes of at least 4 members (excludes halogenated alkanes) is 3. The van der Waals surface area contributed by atoms with Crippen LogP contribution in [0.25, 0.3) is 0 Å². The normalized spacial score (nSPS) is 12.2. The van der Waals surface area contributed by atoms with Gasteiger partial charge in [0.25, 0.3) is 0 Å². The van der Waals surface area contributed by atoms with Crippen molar-refractivity contribution < 1.29 is 9.53 Å². The fraction of sp³-hybridized carbons (Fsp3) is 0.562. The highest BCUT2D eigenvalue weighted by molar-refractivity contribution is 7.80. The molecule has 1 aromatic rings. The van der Waals surface area contributed by atoms with Gasteiger partial charge in [-0.25, -0.2) is 0 Å². The Morgan fingerprint density at radius 1 is 1.21 bits per heavy atom. The lowest BCUT2D eigenvalue weighted by molar-refractivity contribution is -0.147. The largest absolute Gasteiger partial charge is 0.462 e. The predicted molar refractivity (Wildman–Crippen MR) is 81.7 cm³/mol. The van der Waals surface area contributed by atoms with Crippen LogP contribution in [0, 0.1) is 0 Å². The number of rotatable bonds is 8. The molecule has 106 valence electrons. The molecule has 0 saturated carbocycles. The van der Waals surface area contributed by atoms with Crippen LogP contribution in [0.3, 0.4) is 0 Å². The summed E-state index contributed by atoms with van der Waals surface area (Å²) >= 11 is 4.22. The van der Waals surface area contributed by atoms with Gasteiger partial charge in [0.05, 0.1) is 12.5 Å². The first-order valence-electron chi connectivity index (χ1n) is 7.09. The van der Waals surface area contributed by atoms with Crippen LogP contribution >= 0.6 is 12.6 Å². The molecule has 1 aromatic carbocycles. The molecule has 0 amide bonds. The highest BCUT2D eigenvalue weighted by Crippen LogP contribution is 2.11. The van der Waals surface area contributed by atoms with Crippen molar-refractivity contribution in [3.05, 3.63) is 29.8 Å². The number of hydrogen-bond donors (Lipinski definition) is 1. The van der Waals surface area contributed by atoms with Crippen molar-refractivity contribution in [3.63, 3.8) is 0 Å². The Morgan fingerprint density at radius 2 is 1.89 bits per heavy atom. The van der Waals surface area contributed by atoms with Crippen LogP contribution in [0.2, 0.25) is 0 Å². The van der Waals surface area contributed by atoms with Crippen molar-refractivity contribution in [2.45, 2.75) is 63.4 Å². The van der Waals surface area contributed by atoms with Gasteiger partial charge in [-0.05, 0) is 37.5 Å². The third kappa shape index (κ3) is 7.26. The molecule has 1 atom stereocenters. The van der Waals surface area contributed by atoms with E-state index in [1.54, 1.807) is 0 Å². The standard InChI is InChI=1S/C16H24O2S/c1-3-4-5-6-7-13(2)18-16(17)12-14-8-10-15(19)11-9-14/h8-11,13,19H,3-7,12H2,1-2H3. The molecule has 3 heteroatoms. The molecule has 0 spiro atoms. The lowest BCUT2D eigenvalue weighted by Gasteiger charge is -2.13. The average Bonchev–Trinajstić information content (AvgIpc) is 2.37. The smallest absolute Gasteiger partial charge is 0.310 e. The van der Waals surface area contributed by atoms with E-state index in [9.17, 15) is 4.79 Å². The molecule has 0 aliphatic heterocycles. The van der Waals surface area contributed by atoms with E-state index in [2.05, 4.69) is 19.6 Å². The van der Waals surface area contributed by atoms with E-state index in [1.165, 1.54) is 19.3 Å². The molecule has 0 N–H and O–H groups in total. The highest BCUT2D eigenvalue weighted by Gasteiger charge is 2.10. The minimum absolute atomic E-state index is 0.0218. The van der Waals surface area contributed by atoms with E-state index < -0.39 is 0 Å². The molecule has 1 rings (SSSR count). The van der Waals surface area contributed by atoms with Crippen molar-refractivity contribution in [2.75, 3.05) is 0 Å². The Kier molecular flexibility index (Phi) is 7.65.